The molecule has 0 saturated carbocycles. The number of benzene rings is 1. The van der Waals surface area contributed by atoms with Crippen molar-refractivity contribution in [3.05, 3.63) is 29.6 Å². The summed E-state index contributed by atoms with van der Waals surface area (Å²) in [6.45, 7) is 3.93. The Morgan fingerprint density at radius 2 is 2.28 bits per heavy atom. The van der Waals surface area contributed by atoms with E-state index in [-0.39, 0.29) is 23.9 Å². The van der Waals surface area contributed by atoms with E-state index in [0.717, 1.165) is 44.5 Å². The van der Waals surface area contributed by atoms with E-state index in [0.29, 0.717) is 19.0 Å². The molecule has 6 nitrogen and oxygen atoms in total. The lowest BCUT2D eigenvalue weighted by Crippen LogP contribution is -2.44. The Morgan fingerprint density at radius 1 is 1.40 bits per heavy atom. The summed E-state index contributed by atoms with van der Waals surface area (Å²) in [7, 11) is 1.69. The van der Waals surface area contributed by atoms with Gasteiger partial charge in [0.15, 0.2) is 0 Å². The van der Waals surface area contributed by atoms with Gasteiger partial charge in [-0.2, -0.15) is 0 Å². The molecule has 0 radical (unpaired) electrons. The van der Waals surface area contributed by atoms with E-state index >= 15 is 0 Å². The standard InChI is InChI=1S/C18H26FN3O3/c1-24-10-8-22-7-6-14(12-22)20-18(23)21-16-3-2-9-25-17-11-13(19)4-5-15(16)17/h4-5,11,14,16H,2-3,6-10,12H2,1H3,(H2,20,21,23). The molecule has 2 N–H and O–H groups in total. The fourth-order valence-electron chi connectivity index (χ4n) is 3.46. The summed E-state index contributed by atoms with van der Waals surface area (Å²) in [4.78, 5) is 14.7. The highest BCUT2D eigenvalue weighted by Gasteiger charge is 2.26. The summed E-state index contributed by atoms with van der Waals surface area (Å²) in [5.41, 5.74) is 0.835. The van der Waals surface area contributed by atoms with Gasteiger partial charge in [-0.15, -0.1) is 0 Å². The number of carbonyl (C=O) groups excluding carboxylic acids is 1. The maximum atomic E-state index is 13.4. The molecule has 0 bridgehead atoms. The number of ether oxygens (including phenoxy) is 2. The van der Waals surface area contributed by atoms with Gasteiger partial charge in [0, 0.05) is 44.4 Å². The summed E-state index contributed by atoms with van der Waals surface area (Å²) >= 11 is 0. The molecule has 1 fully saturated rings. The molecular formula is C18H26FN3O3. The van der Waals surface area contributed by atoms with Crippen LogP contribution in [0.5, 0.6) is 5.75 Å². The molecule has 2 amide bonds. The lowest BCUT2D eigenvalue weighted by molar-refractivity contribution is 0.159. The van der Waals surface area contributed by atoms with Crippen molar-refractivity contribution in [1.29, 1.82) is 0 Å². The van der Waals surface area contributed by atoms with Gasteiger partial charge in [0.1, 0.15) is 11.6 Å². The molecule has 2 unspecified atom stereocenters. The van der Waals surface area contributed by atoms with Crippen LogP contribution in [0.15, 0.2) is 18.2 Å². The van der Waals surface area contributed by atoms with Crippen LogP contribution in [0.4, 0.5) is 9.18 Å². The van der Waals surface area contributed by atoms with Crippen LogP contribution in [-0.2, 0) is 4.74 Å². The molecule has 1 saturated heterocycles. The molecule has 3 rings (SSSR count). The Morgan fingerprint density at radius 3 is 3.12 bits per heavy atom. The smallest absolute Gasteiger partial charge is 0.315 e. The number of rotatable bonds is 5. The molecular weight excluding hydrogens is 325 g/mol. The predicted molar refractivity (Wildman–Crippen MR) is 92.3 cm³/mol. The quantitative estimate of drug-likeness (QED) is 0.852. The number of halogens is 1. The van der Waals surface area contributed by atoms with Gasteiger partial charge >= 0.3 is 6.03 Å². The number of fused-ring (bicyclic) bond motifs is 1. The van der Waals surface area contributed by atoms with E-state index in [2.05, 4.69) is 15.5 Å². The number of amides is 2. The van der Waals surface area contributed by atoms with Crippen LogP contribution >= 0.6 is 0 Å². The van der Waals surface area contributed by atoms with E-state index in [1.807, 2.05) is 0 Å². The molecule has 2 aliphatic rings. The zero-order chi connectivity index (χ0) is 17.6. The highest BCUT2D eigenvalue weighted by molar-refractivity contribution is 5.75. The number of nitrogens with zero attached hydrogens (tertiary/aromatic N) is 1. The van der Waals surface area contributed by atoms with Crippen molar-refractivity contribution in [2.45, 2.75) is 31.3 Å². The van der Waals surface area contributed by atoms with Crippen LogP contribution in [0.2, 0.25) is 0 Å². The van der Waals surface area contributed by atoms with Gasteiger partial charge in [0.2, 0.25) is 0 Å². The second kappa shape index (κ2) is 8.49. The van der Waals surface area contributed by atoms with E-state index in [9.17, 15) is 9.18 Å². The van der Waals surface area contributed by atoms with Gasteiger partial charge in [0.25, 0.3) is 0 Å². The molecule has 138 valence electrons. The number of urea groups is 1. The monoisotopic (exact) mass is 351 g/mol. The van der Waals surface area contributed by atoms with Crippen molar-refractivity contribution in [3.63, 3.8) is 0 Å². The molecule has 2 aliphatic heterocycles. The van der Waals surface area contributed by atoms with Crippen LogP contribution in [0.25, 0.3) is 0 Å². The summed E-state index contributed by atoms with van der Waals surface area (Å²) < 4.78 is 24.1. The topological polar surface area (TPSA) is 62.8 Å². The summed E-state index contributed by atoms with van der Waals surface area (Å²) in [6, 6.07) is 4.29. The first-order chi connectivity index (χ1) is 12.2. The van der Waals surface area contributed by atoms with Crippen molar-refractivity contribution < 1.29 is 18.7 Å². The fraction of sp³-hybridized carbons (Fsp3) is 0.611. The van der Waals surface area contributed by atoms with Crippen LogP contribution in [0.1, 0.15) is 30.9 Å². The van der Waals surface area contributed by atoms with Gasteiger partial charge in [-0.1, -0.05) is 6.07 Å². The Labute approximate surface area is 147 Å². The first-order valence-corrected chi connectivity index (χ1v) is 8.86. The molecule has 0 aliphatic carbocycles. The molecule has 1 aromatic rings. The average Bonchev–Trinajstić information content (AvgIpc) is 2.93. The third-order valence-corrected chi connectivity index (χ3v) is 4.77. The Kier molecular flexibility index (Phi) is 6.09. The molecule has 25 heavy (non-hydrogen) atoms. The molecule has 7 heteroatoms. The normalized spacial score (nSPS) is 23.4. The Bertz CT molecular complexity index is 599. The maximum Gasteiger partial charge on any atom is 0.315 e. The van der Waals surface area contributed by atoms with Crippen LogP contribution in [-0.4, -0.2) is 56.9 Å². The van der Waals surface area contributed by atoms with Crippen molar-refractivity contribution >= 4 is 6.03 Å². The number of hydrogen-bond acceptors (Lipinski definition) is 4. The third-order valence-electron chi connectivity index (χ3n) is 4.77. The SMILES string of the molecule is COCCN1CCC(NC(=O)NC2CCCOc3cc(F)ccc32)C1. The number of hydrogen-bond donors (Lipinski definition) is 2. The Hall–Kier alpha value is -1.86. The second-order valence-electron chi connectivity index (χ2n) is 6.62. The van der Waals surface area contributed by atoms with Crippen LogP contribution < -0.4 is 15.4 Å². The van der Waals surface area contributed by atoms with Crippen LogP contribution in [0.3, 0.4) is 0 Å². The maximum absolute atomic E-state index is 13.4. The van der Waals surface area contributed by atoms with Crippen molar-refractivity contribution in [3.8, 4) is 5.75 Å². The highest BCUT2D eigenvalue weighted by atomic mass is 19.1. The average molecular weight is 351 g/mol. The fourth-order valence-corrected chi connectivity index (χ4v) is 3.46. The molecule has 2 atom stereocenters. The summed E-state index contributed by atoms with van der Waals surface area (Å²) in [6.07, 6.45) is 2.53. The molecule has 0 spiro atoms. The molecule has 2 heterocycles. The van der Waals surface area contributed by atoms with Gasteiger partial charge in [-0.3, -0.25) is 4.90 Å². The number of methoxy groups -OCH3 is 1. The molecule has 1 aromatic carbocycles. The minimum Gasteiger partial charge on any atom is -0.493 e. The van der Waals surface area contributed by atoms with Gasteiger partial charge in [-0.25, -0.2) is 9.18 Å². The van der Waals surface area contributed by atoms with Crippen LogP contribution in [0, 0.1) is 5.82 Å². The van der Waals surface area contributed by atoms with E-state index in [4.69, 9.17) is 9.47 Å². The zero-order valence-electron chi connectivity index (χ0n) is 14.6. The number of likely N-dealkylation sites (tertiary alicyclic amines) is 1. The Balaban J connectivity index is 1.55. The first kappa shape index (κ1) is 17.9. The first-order valence-electron chi connectivity index (χ1n) is 8.86. The minimum atomic E-state index is -0.328. The largest absolute Gasteiger partial charge is 0.493 e. The van der Waals surface area contributed by atoms with E-state index in [1.165, 1.54) is 12.1 Å². The van der Waals surface area contributed by atoms with E-state index < -0.39 is 0 Å². The summed E-state index contributed by atoms with van der Waals surface area (Å²) in [5, 5.41) is 6.07. The lowest BCUT2D eigenvalue weighted by Gasteiger charge is -2.21. The number of carbonyl (C=O) groups is 1. The van der Waals surface area contributed by atoms with Crippen molar-refractivity contribution in [2.75, 3.05) is 40.0 Å². The minimum absolute atomic E-state index is 0.145. The predicted octanol–water partition coefficient (Wildman–Crippen LogP) is 2.06. The van der Waals surface area contributed by atoms with Gasteiger partial charge < -0.3 is 20.1 Å². The molecule has 0 aromatic heterocycles. The number of nitrogens with one attached hydrogen (secondary N) is 2. The van der Waals surface area contributed by atoms with Gasteiger partial charge in [0.05, 0.1) is 19.3 Å². The van der Waals surface area contributed by atoms with Gasteiger partial charge in [-0.05, 0) is 25.3 Å². The zero-order valence-corrected chi connectivity index (χ0v) is 14.6. The third kappa shape index (κ3) is 4.83. The highest BCUT2D eigenvalue weighted by Crippen LogP contribution is 2.32. The van der Waals surface area contributed by atoms with E-state index in [1.54, 1.807) is 13.2 Å². The second-order valence-corrected chi connectivity index (χ2v) is 6.62. The van der Waals surface area contributed by atoms with Crippen molar-refractivity contribution in [2.24, 2.45) is 0 Å². The summed E-state index contributed by atoms with van der Waals surface area (Å²) in [5.74, 6) is 0.195. The van der Waals surface area contributed by atoms with Crippen molar-refractivity contribution in [1.82, 2.24) is 15.5 Å². The lowest BCUT2D eigenvalue weighted by atomic mass is 10.0.